The number of nitrogens with zero attached hydrogens (tertiary/aromatic N) is 1. The lowest BCUT2D eigenvalue weighted by molar-refractivity contribution is 0.0956. The summed E-state index contributed by atoms with van der Waals surface area (Å²) >= 11 is 1.49. The summed E-state index contributed by atoms with van der Waals surface area (Å²) in [6, 6.07) is 18.9. The summed E-state index contributed by atoms with van der Waals surface area (Å²) in [5.41, 5.74) is 5.67. The number of rotatable bonds is 6. The number of carbonyl (C=O) groups excluding carboxylic acids is 1. The highest BCUT2D eigenvalue weighted by Gasteiger charge is 2.20. The number of benzene rings is 2. The number of amides is 1. The molecule has 0 aliphatic rings. The second-order valence-electron chi connectivity index (χ2n) is 7.47. The number of aromatic nitrogens is 1. The first-order valence-electron chi connectivity index (χ1n) is 9.70. The van der Waals surface area contributed by atoms with Gasteiger partial charge in [-0.15, -0.1) is 11.3 Å². The lowest BCUT2D eigenvalue weighted by atomic mass is 9.90. The molecular weight excluding hydrogens is 378 g/mol. The first-order valence-corrected chi connectivity index (χ1v) is 10.6. The molecule has 0 fully saturated rings. The number of H-pyrrole nitrogens is 1. The molecule has 1 amide bonds. The van der Waals surface area contributed by atoms with E-state index in [9.17, 15) is 4.79 Å². The van der Waals surface area contributed by atoms with Crippen LogP contribution < -0.4 is 10.2 Å². The van der Waals surface area contributed by atoms with Crippen LogP contribution in [0.2, 0.25) is 0 Å². The third-order valence-electron chi connectivity index (χ3n) is 5.34. The minimum atomic E-state index is -0.00717. The van der Waals surface area contributed by atoms with E-state index >= 15 is 0 Å². The van der Waals surface area contributed by atoms with Crippen LogP contribution in [0.4, 0.5) is 5.69 Å². The molecule has 0 radical (unpaired) electrons. The maximum absolute atomic E-state index is 12.7. The largest absolute Gasteiger partial charge is 0.378 e. The first-order chi connectivity index (χ1) is 14.0. The molecule has 0 saturated heterocycles. The molecule has 4 rings (SSSR count). The lowest BCUT2D eigenvalue weighted by Crippen LogP contribution is -2.28. The fourth-order valence-electron chi connectivity index (χ4n) is 3.67. The van der Waals surface area contributed by atoms with Gasteiger partial charge in [0, 0.05) is 49.3 Å². The van der Waals surface area contributed by atoms with Crippen LogP contribution >= 0.6 is 11.3 Å². The third kappa shape index (κ3) is 3.91. The standard InChI is InChI=1S/C24H25N3OS/c1-16-12-13-29-23(16)24(28)26-14-20(17-8-10-18(11-9-17)27(2)3)21-15-25-22-7-5-4-6-19(21)22/h4-13,15,20,25H,14H2,1-3H3,(H,26,28). The van der Waals surface area contributed by atoms with Crippen molar-refractivity contribution >= 4 is 33.8 Å². The molecule has 5 heteroatoms. The molecule has 1 unspecified atom stereocenters. The van der Waals surface area contributed by atoms with Crippen LogP contribution in [0.15, 0.2) is 66.2 Å². The molecule has 2 heterocycles. The Labute approximate surface area is 175 Å². The van der Waals surface area contributed by atoms with E-state index in [2.05, 4.69) is 63.9 Å². The quantitative estimate of drug-likeness (QED) is 0.467. The number of nitrogens with one attached hydrogen (secondary N) is 2. The highest BCUT2D eigenvalue weighted by atomic mass is 32.1. The molecule has 0 bridgehead atoms. The second kappa shape index (κ2) is 8.13. The Balaban J connectivity index is 1.67. The van der Waals surface area contributed by atoms with Gasteiger partial charge in [-0.1, -0.05) is 30.3 Å². The van der Waals surface area contributed by atoms with Crippen LogP contribution in [0.1, 0.15) is 32.3 Å². The summed E-state index contributed by atoms with van der Waals surface area (Å²) in [5.74, 6) is 0.0545. The van der Waals surface area contributed by atoms with Gasteiger partial charge in [-0.2, -0.15) is 0 Å². The molecule has 148 valence electrons. The van der Waals surface area contributed by atoms with Crippen LogP contribution in [-0.4, -0.2) is 31.5 Å². The van der Waals surface area contributed by atoms with Crippen LogP contribution in [-0.2, 0) is 0 Å². The van der Waals surface area contributed by atoms with E-state index in [1.807, 2.05) is 38.5 Å². The van der Waals surface area contributed by atoms with Gasteiger partial charge in [0.25, 0.3) is 5.91 Å². The van der Waals surface area contributed by atoms with Crippen molar-refractivity contribution in [2.75, 3.05) is 25.5 Å². The summed E-state index contributed by atoms with van der Waals surface area (Å²) in [5, 5.41) is 6.31. The first kappa shape index (κ1) is 19.3. The van der Waals surface area contributed by atoms with E-state index in [0.717, 1.165) is 21.6 Å². The predicted molar refractivity (Wildman–Crippen MR) is 122 cm³/mol. The number of hydrogen-bond acceptors (Lipinski definition) is 3. The molecule has 4 aromatic rings. The fourth-order valence-corrected chi connectivity index (χ4v) is 4.52. The van der Waals surface area contributed by atoms with Crippen molar-refractivity contribution < 1.29 is 4.79 Å². The van der Waals surface area contributed by atoms with Crippen LogP contribution in [0.3, 0.4) is 0 Å². The highest BCUT2D eigenvalue weighted by molar-refractivity contribution is 7.12. The van der Waals surface area contributed by atoms with E-state index in [1.54, 1.807) is 0 Å². The van der Waals surface area contributed by atoms with Gasteiger partial charge in [-0.25, -0.2) is 0 Å². The minimum Gasteiger partial charge on any atom is -0.378 e. The summed E-state index contributed by atoms with van der Waals surface area (Å²) in [4.78, 5) is 19.0. The molecule has 2 aromatic heterocycles. The van der Waals surface area contributed by atoms with Crippen molar-refractivity contribution in [3.05, 3.63) is 87.7 Å². The SMILES string of the molecule is Cc1ccsc1C(=O)NCC(c1ccc(N(C)C)cc1)c1c[nH]c2ccccc12. The molecule has 0 spiro atoms. The van der Waals surface area contributed by atoms with Crippen molar-refractivity contribution in [1.29, 1.82) is 0 Å². The summed E-state index contributed by atoms with van der Waals surface area (Å²) in [7, 11) is 4.07. The molecule has 29 heavy (non-hydrogen) atoms. The summed E-state index contributed by atoms with van der Waals surface area (Å²) < 4.78 is 0. The predicted octanol–water partition coefficient (Wildman–Crippen LogP) is 5.17. The number of aromatic amines is 1. The number of hydrogen-bond donors (Lipinski definition) is 2. The number of para-hydroxylation sites is 1. The van der Waals surface area contributed by atoms with Crippen molar-refractivity contribution in [2.45, 2.75) is 12.8 Å². The normalized spacial score (nSPS) is 12.1. The Hall–Kier alpha value is -3.05. The fraction of sp³-hybridized carbons (Fsp3) is 0.208. The smallest absolute Gasteiger partial charge is 0.261 e. The number of carbonyl (C=O) groups is 1. The molecule has 0 aliphatic carbocycles. The minimum absolute atomic E-state index is 0.00717. The van der Waals surface area contributed by atoms with Gasteiger partial charge >= 0.3 is 0 Å². The summed E-state index contributed by atoms with van der Waals surface area (Å²) in [6.45, 7) is 2.52. The Bertz CT molecular complexity index is 1120. The second-order valence-corrected chi connectivity index (χ2v) is 8.39. The number of fused-ring (bicyclic) bond motifs is 1. The molecule has 0 aliphatic heterocycles. The van der Waals surface area contributed by atoms with Gasteiger partial charge in [0.2, 0.25) is 0 Å². The molecule has 2 N–H and O–H groups in total. The molecule has 2 aromatic carbocycles. The van der Waals surface area contributed by atoms with E-state index < -0.39 is 0 Å². The van der Waals surface area contributed by atoms with Gasteiger partial charge in [-0.05, 0) is 53.3 Å². The Kier molecular flexibility index (Phi) is 5.41. The average molecular weight is 404 g/mol. The zero-order valence-electron chi connectivity index (χ0n) is 16.9. The van der Waals surface area contributed by atoms with Crippen molar-refractivity contribution in [3.8, 4) is 0 Å². The summed E-state index contributed by atoms with van der Waals surface area (Å²) in [6.07, 6.45) is 2.07. The lowest BCUT2D eigenvalue weighted by Gasteiger charge is -2.20. The number of thiophene rings is 1. The van der Waals surface area contributed by atoms with E-state index in [4.69, 9.17) is 0 Å². The molecule has 4 nitrogen and oxygen atoms in total. The van der Waals surface area contributed by atoms with E-state index in [0.29, 0.717) is 6.54 Å². The number of aryl methyl sites for hydroxylation is 1. The van der Waals surface area contributed by atoms with E-state index in [1.165, 1.54) is 27.8 Å². The average Bonchev–Trinajstić information content (AvgIpc) is 3.35. The molecule has 0 saturated carbocycles. The maximum atomic E-state index is 12.7. The Morgan fingerprint density at radius 3 is 2.55 bits per heavy atom. The topological polar surface area (TPSA) is 48.1 Å². The van der Waals surface area contributed by atoms with Gasteiger partial charge < -0.3 is 15.2 Å². The monoisotopic (exact) mass is 403 g/mol. The zero-order valence-corrected chi connectivity index (χ0v) is 17.7. The van der Waals surface area contributed by atoms with Crippen LogP contribution in [0, 0.1) is 6.92 Å². The van der Waals surface area contributed by atoms with Crippen LogP contribution in [0.5, 0.6) is 0 Å². The van der Waals surface area contributed by atoms with Crippen LogP contribution in [0.25, 0.3) is 10.9 Å². The van der Waals surface area contributed by atoms with Gasteiger partial charge in [-0.3, -0.25) is 4.79 Å². The van der Waals surface area contributed by atoms with Gasteiger partial charge in [0.15, 0.2) is 0 Å². The van der Waals surface area contributed by atoms with Gasteiger partial charge in [0.1, 0.15) is 0 Å². The van der Waals surface area contributed by atoms with Crippen molar-refractivity contribution in [3.63, 3.8) is 0 Å². The molecule has 1 atom stereocenters. The van der Waals surface area contributed by atoms with E-state index in [-0.39, 0.29) is 11.8 Å². The third-order valence-corrected chi connectivity index (χ3v) is 6.36. The number of anilines is 1. The Morgan fingerprint density at radius 1 is 1.10 bits per heavy atom. The molecular formula is C24H25N3OS. The van der Waals surface area contributed by atoms with Crippen molar-refractivity contribution in [1.82, 2.24) is 10.3 Å². The maximum Gasteiger partial charge on any atom is 0.261 e. The highest BCUT2D eigenvalue weighted by Crippen LogP contribution is 2.31. The van der Waals surface area contributed by atoms with Crippen molar-refractivity contribution in [2.24, 2.45) is 0 Å². The Morgan fingerprint density at radius 2 is 1.86 bits per heavy atom. The zero-order chi connectivity index (χ0) is 20.4. The van der Waals surface area contributed by atoms with Gasteiger partial charge in [0.05, 0.1) is 4.88 Å².